The highest BCUT2D eigenvalue weighted by Crippen LogP contribution is 2.18. The lowest BCUT2D eigenvalue weighted by Crippen LogP contribution is -2.51. The molecule has 0 bridgehead atoms. The van der Waals surface area contributed by atoms with E-state index in [9.17, 15) is 4.79 Å². The minimum atomic E-state index is -0.285. The van der Waals surface area contributed by atoms with Crippen LogP contribution < -0.4 is 0 Å². The van der Waals surface area contributed by atoms with Crippen LogP contribution in [-0.2, 0) is 9.53 Å². The zero-order chi connectivity index (χ0) is 14.5. The normalized spacial score (nSPS) is 23.2. The SMILES string of the molecule is CC1COC(CO)CN1C(=O)/C=C/c1ccccc1Br. The maximum absolute atomic E-state index is 12.2. The third kappa shape index (κ3) is 3.69. The molecule has 4 nitrogen and oxygen atoms in total. The fraction of sp³-hybridized carbons (Fsp3) is 0.400. The predicted octanol–water partition coefficient (Wildman–Crippen LogP) is 2.07. The molecule has 1 fully saturated rings. The molecule has 5 heteroatoms. The molecular weight excluding hydrogens is 322 g/mol. The second-order valence-electron chi connectivity index (χ2n) is 4.83. The van der Waals surface area contributed by atoms with Gasteiger partial charge in [0.1, 0.15) is 0 Å². The van der Waals surface area contributed by atoms with Gasteiger partial charge in [-0.1, -0.05) is 34.1 Å². The van der Waals surface area contributed by atoms with Crippen LogP contribution in [0.2, 0.25) is 0 Å². The molecule has 2 rings (SSSR count). The minimum Gasteiger partial charge on any atom is -0.394 e. The Kier molecular flexibility index (Phi) is 5.34. The maximum Gasteiger partial charge on any atom is 0.246 e. The van der Waals surface area contributed by atoms with Gasteiger partial charge < -0.3 is 14.7 Å². The Labute approximate surface area is 127 Å². The molecule has 0 radical (unpaired) electrons. The topological polar surface area (TPSA) is 49.8 Å². The first-order valence-corrected chi connectivity index (χ1v) is 7.36. The summed E-state index contributed by atoms with van der Waals surface area (Å²) in [6.45, 7) is 2.76. The maximum atomic E-state index is 12.2. The van der Waals surface area contributed by atoms with Gasteiger partial charge in [-0.15, -0.1) is 0 Å². The third-order valence-corrected chi connectivity index (χ3v) is 4.03. The van der Waals surface area contributed by atoms with Gasteiger partial charge in [-0.05, 0) is 24.6 Å². The summed E-state index contributed by atoms with van der Waals surface area (Å²) < 4.78 is 6.38. The molecule has 108 valence electrons. The number of hydrogen-bond donors (Lipinski definition) is 1. The van der Waals surface area contributed by atoms with Gasteiger partial charge in [0.05, 0.1) is 25.4 Å². The molecule has 1 heterocycles. The van der Waals surface area contributed by atoms with E-state index in [1.165, 1.54) is 0 Å². The number of hydrogen-bond acceptors (Lipinski definition) is 3. The third-order valence-electron chi connectivity index (χ3n) is 3.30. The van der Waals surface area contributed by atoms with Gasteiger partial charge in [-0.3, -0.25) is 4.79 Å². The van der Waals surface area contributed by atoms with Crippen molar-refractivity contribution in [2.24, 2.45) is 0 Å². The molecule has 0 saturated carbocycles. The van der Waals surface area contributed by atoms with Crippen LogP contribution in [0.1, 0.15) is 12.5 Å². The summed E-state index contributed by atoms with van der Waals surface area (Å²) in [4.78, 5) is 14.0. The molecular formula is C15H18BrNO3. The van der Waals surface area contributed by atoms with E-state index in [2.05, 4.69) is 15.9 Å². The van der Waals surface area contributed by atoms with E-state index in [0.717, 1.165) is 10.0 Å². The lowest BCUT2D eigenvalue weighted by molar-refractivity contribution is -0.140. The van der Waals surface area contributed by atoms with Gasteiger partial charge in [-0.25, -0.2) is 0 Å². The number of ether oxygens (including phenoxy) is 1. The van der Waals surface area contributed by atoms with Crippen molar-refractivity contribution in [1.29, 1.82) is 0 Å². The number of aliphatic hydroxyl groups excluding tert-OH is 1. The van der Waals surface area contributed by atoms with Crippen LogP contribution in [0.4, 0.5) is 0 Å². The average Bonchev–Trinajstić information content (AvgIpc) is 2.46. The molecule has 1 aromatic carbocycles. The van der Waals surface area contributed by atoms with Gasteiger partial charge in [0.25, 0.3) is 0 Å². The summed E-state index contributed by atoms with van der Waals surface area (Å²) in [6.07, 6.45) is 3.07. The van der Waals surface area contributed by atoms with E-state index in [-0.39, 0.29) is 24.7 Å². The molecule has 1 saturated heterocycles. The van der Waals surface area contributed by atoms with E-state index in [1.807, 2.05) is 31.2 Å². The number of carbonyl (C=O) groups excluding carboxylic acids is 1. The van der Waals surface area contributed by atoms with Gasteiger partial charge in [0.15, 0.2) is 0 Å². The summed E-state index contributed by atoms with van der Waals surface area (Å²) in [5, 5.41) is 9.13. The van der Waals surface area contributed by atoms with E-state index in [1.54, 1.807) is 17.1 Å². The number of aliphatic hydroxyl groups is 1. The fourth-order valence-corrected chi connectivity index (χ4v) is 2.52. The van der Waals surface area contributed by atoms with Gasteiger partial charge in [-0.2, -0.15) is 0 Å². The zero-order valence-corrected chi connectivity index (χ0v) is 12.9. The number of amides is 1. The Morgan fingerprint density at radius 1 is 1.55 bits per heavy atom. The fourth-order valence-electron chi connectivity index (χ4n) is 2.10. The summed E-state index contributed by atoms with van der Waals surface area (Å²) >= 11 is 3.45. The highest BCUT2D eigenvalue weighted by atomic mass is 79.9. The Bertz CT molecular complexity index is 504. The number of halogens is 1. The van der Waals surface area contributed by atoms with Crippen molar-refractivity contribution in [2.75, 3.05) is 19.8 Å². The highest BCUT2D eigenvalue weighted by molar-refractivity contribution is 9.10. The lowest BCUT2D eigenvalue weighted by atomic mass is 10.1. The molecule has 0 spiro atoms. The number of nitrogens with zero attached hydrogens (tertiary/aromatic N) is 1. The van der Waals surface area contributed by atoms with Crippen molar-refractivity contribution in [3.63, 3.8) is 0 Å². The second-order valence-corrected chi connectivity index (χ2v) is 5.69. The second kappa shape index (κ2) is 7.02. The molecule has 1 amide bonds. The van der Waals surface area contributed by atoms with E-state index < -0.39 is 0 Å². The first-order valence-electron chi connectivity index (χ1n) is 6.57. The number of rotatable bonds is 3. The predicted molar refractivity (Wildman–Crippen MR) is 81.2 cm³/mol. The zero-order valence-electron chi connectivity index (χ0n) is 11.3. The van der Waals surface area contributed by atoms with Crippen molar-refractivity contribution in [2.45, 2.75) is 19.1 Å². The minimum absolute atomic E-state index is 0.0224. The Balaban J connectivity index is 2.05. The first-order chi connectivity index (χ1) is 9.61. The molecule has 1 aliphatic rings. The Morgan fingerprint density at radius 3 is 3.00 bits per heavy atom. The first kappa shape index (κ1) is 15.2. The molecule has 0 aromatic heterocycles. The summed E-state index contributed by atoms with van der Waals surface area (Å²) in [7, 11) is 0. The summed E-state index contributed by atoms with van der Waals surface area (Å²) in [6, 6.07) is 7.75. The van der Waals surface area contributed by atoms with Crippen LogP contribution in [0.25, 0.3) is 6.08 Å². The number of carbonyl (C=O) groups is 1. The smallest absolute Gasteiger partial charge is 0.246 e. The standard InChI is InChI=1S/C15H18BrNO3/c1-11-10-20-13(9-18)8-17(11)15(19)7-6-12-4-2-3-5-14(12)16/h2-7,11,13,18H,8-10H2,1H3/b7-6+. The van der Waals surface area contributed by atoms with Crippen LogP contribution in [0.15, 0.2) is 34.8 Å². The largest absolute Gasteiger partial charge is 0.394 e. The Hall–Kier alpha value is -1.17. The molecule has 1 aromatic rings. The van der Waals surface area contributed by atoms with E-state index >= 15 is 0 Å². The van der Waals surface area contributed by atoms with Crippen molar-refractivity contribution < 1.29 is 14.6 Å². The summed E-state index contributed by atoms with van der Waals surface area (Å²) in [5.41, 5.74) is 0.959. The average molecular weight is 340 g/mol. The molecule has 2 atom stereocenters. The molecule has 20 heavy (non-hydrogen) atoms. The number of morpholine rings is 1. The van der Waals surface area contributed by atoms with Crippen LogP contribution in [0, 0.1) is 0 Å². The van der Waals surface area contributed by atoms with Crippen LogP contribution in [-0.4, -0.2) is 47.8 Å². The molecule has 2 unspecified atom stereocenters. The quantitative estimate of drug-likeness (QED) is 0.857. The monoisotopic (exact) mass is 339 g/mol. The Morgan fingerprint density at radius 2 is 2.30 bits per heavy atom. The van der Waals surface area contributed by atoms with Crippen LogP contribution >= 0.6 is 15.9 Å². The van der Waals surface area contributed by atoms with Crippen molar-refractivity contribution in [1.82, 2.24) is 4.90 Å². The van der Waals surface area contributed by atoms with Gasteiger partial charge in [0, 0.05) is 17.1 Å². The van der Waals surface area contributed by atoms with E-state index in [4.69, 9.17) is 9.84 Å². The van der Waals surface area contributed by atoms with Gasteiger partial charge >= 0.3 is 0 Å². The highest BCUT2D eigenvalue weighted by Gasteiger charge is 2.27. The molecule has 0 aliphatic carbocycles. The van der Waals surface area contributed by atoms with Crippen molar-refractivity contribution in [3.8, 4) is 0 Å². The number of benzene rings is 1. The molecule has 1 N–H and O–H groups in total. The molecule has 1 aliphatic heterocycles. The lowest BCUT2D eigenvalue weighted by Gasteiger charge is -2.36. The van der Waals surface area contributed by atoms with Crippen LogP contribution in [0.5, 0.6) is 0 Å². The summed E-state index contributed by atoms with van der Waals surface area (Å²) in [5.74, 6) is -0.0602. The van der Waals surface area contributed by atoms with Crippen molar-refractivity contribution >= 4 is 27.9 Å². The van der Waals surface area contributed by atoms with E-state index in [0.29, 0.717) is 13.2 Å². The van der Waals surface area contributed by atoms with Gasteiger partial charge in [0.2, 0.25) is 5.91 Å². The van der Waals surface area contributed by atoms with Crippen molar-refractivity contribution in [3.05, 3.63) is 40.4 Å². The van der Waals surface area contributed by atoms with Crippen LogP contribution in [0.3, 0.4) is 0 Å².